The van der Waals surface area contributed by atoms with Gasteiger partial charge in [0.15, 0.2) is 0 Å². The van der Waals surface area contributed by atoms with Gasteiger partial charge in [-0.2, -0.15) is 0 Å². The molecule has 2 nitrogen and oxygen atoms in total. The fourth-order valence-corrected chi connectivity index (χ4v) is 5.46. The van der Waals surface area contributed by atoms with Crippen molar-refractivity contribution in [3.05, 3.63) is 66.0 Å². The summed E-state index contributed by atoms with van der Waals surface area (Å²) in [5, 5.41) is 0. The molecule has 2 aliphatic heterocycles. The van der Waals surface area contributed by atoms with E-state index in [0.717, 1.165) is 75.1 Å². The molecule has 0 radical (unpaired) electrons. The molecule has 34 heavy (non-hydrogen) atoms. The van der Waals surface area contributed by atoms with Gasteiger partial charge in [-0.1, -0.05) is 36.9 Å². The summed E-state index contributed by atoms with van der Waals surface area (Å²) >= 11 is 0. The van der Waals surface area contributed by atoms with Crippen LogP contribution in [0.3, 0.4) is 0 Å². The maximum absolute atomic E-state index is 15.0. The van der Waals surface area contributed by atoms with E-state index >= 15 is 0 Å². The van der Waals surface area contributed by atoms with Crippen LogP contribution in [-0.2, 0) is 6.42 Å². The second-order valence-corrected chi connectivity index (χ2v) is 10.9. The third-order valence-corrected chi connectivity index (χ3v) is 7.45. The summed E-state index contributed by atoms with van der Waals surface area (Å²) in [7, 11) is 0. The molecular weight excluding hydrogens is 426 g/mol. The molecule has 2 aromatic carbocycles. The summed E-state index contributed by atoms with van der Waals surface area (Å²) in [5.74, 6) is 0.521. The topological polar surface area (TPSA) is 6.48 Å². The number of hydrogen-bond acceptors (Lipinski definition) is 2. The Kier molecular flexibility index (Phi) is 8.08. The fraction of sp³-hybridized carbons (Fsp3) is 0.533. The van der Waals surface area contributed by atoms with Crippen molar-refractivity contribution in [1.82, 2.24) is 9.80 Å². The molecule has 2 heterocycles. The van der Waals surface area contributed by atoms with E-state index in [4.69, 9.17) is 0 Å². The van der Waals surface area contributed by atoms with E-state index in [-0.39, 0.29) is 5.82 Å². The van der Waals surface area contributed by atoms with Crippen LogP contribution in [0.15, 0.2) is 49.0 Å². The van der Waals surface area contributed by atoms with E-state index in [1.165, 1.54) is 18.4 Å². The van der Waals surface area contributed by atoms with Gasteiger partial charge in [0.05, 0.1) is 0 Å². The summed E-state index contributed by atoms with van der Waals surface area (Å²) in [5.41, 5.74) is 3.58. The second kappa shape index (κ2) is 11.0. The van der Waals surface area contributed by atoms with Gasteiger partial charge >= 0.3 is 0 Å². The summed E-state index contributed by atoms with van der Waals surface area (Å²) in [4.78, 5) is 4.47. The minimum absolute atomic E-state index is 0.195. The van der Waals surface area contributed by atoms with Crippen LogP contribution in [0.25, 0.3) is 16.8 Å². The molecule has 0 unspecified atom stereocenters. The highest BCUT2D eigenvalue weighted by molar-refractivity contribution is 5.69. The lowest BCUT2D eigenvalue weighted by atomic mass is 9.90. The lowest BCUT2D eigenvalue weighted by Gasteiger charge is -2.34. The summed E-state index contributed by atoms with van der Waals surface area (Å²) in [6, 6.07) is 14.1. The summed E-state index contributed by atoms with van der Waals surface area (Å²) < 4.78 is 28.8. The van der Waals surface area contributed by atoms with Crippen LogP contribution in [0, 0.1) is 11.7 Å². The van der Waals surface area contributed by atoms with E-state index in [2.05, 4.69) is 40.6 Å². The molecule has 0 aromatic heterocycles. The van der Waals surface area contributed by atoms with E-state index < -0.39 is 5.67 Å². The predicted octanol–water partition coefficient (Wildman–Crippen LogP) is 7.34. The van der Waals surface area contributed by atoms with Crippen molar-refractivity contribution in [3.63, 3.8) is 0 Å². The predicted molar refractivity (Wildman–Crippen MR) is 139 cm³/mol. The molecule has 0 saturated carbocycles. The average molecular weight is 467 g/mol. The van der Waals surface area contributed by atoms with Crippen molar-refractivity contribution < 1.29 is 8.78 Å². The van der Waals surface area contributed by atoms with Crippen molar-refractivity contribution in [1.29, 1.82) is 0 Å². The monoisotopic (exact) mass is 466 g/mol. The first-order chi connectivity index (χ1) is 16.3. The lowest BCUT2D eigenvalue weighted by molar-refractivity contribution is 0.0943. The third-order valence-electron chi connectivity index (χ3n) is 7.45. The summed E-state index contributed by atoms with van der Waals surface area (Å²) in [6.45, 7) is 12.0. The van der Waals surface area contributed by atoms with Gasteiger partial charge in [-0.05, 0) is 107 Å². The Morgan fingerprint density at radius 2 is 1.59 bits per heavy atom. The fourth-order valence-electron chi connectivity index (χ4n) is 5.46. The Labute approximate surface area is 204 Å². The zero-order valence-corrected chi connectivity index (χ0v) is 21.0. The molecule has 2 saturated heterocycles. The van der Waals surface area contributed by atoms with E-state index in [9.17, 15) is 8.78 Å². The zero-order valence-electron chi connectivity index (χ0n) is 21.0. The van der Waals surface area contributed by atoms with Gasteiger partial charge in [0.2, 0.25) is 0 Å². The van der Waals surface area contributed by atoms with Crippen LogP contribution in [0.5, 0.6) is 0 Å². The molecule has 0 amide bonds. The van der Waals surface area contributed by atoms with Crippen LogP contribution in [-0.4, -0.2) is 48.2 Å². The van der Waals surface area contributed by atoms with Gasteiger partial charge in [0.1, 0.15) is 11.5 Å². The van der Waals surface area contributed by atoms with Crippen molar-refractivity contribution in [2.24, 2.45) is 5.92 Å². The van der Waals surface area contributed by atoms with E-state index in [1.54, 1.807) is 19.9 Å². The third kappa shape index (κ3) is 6.69. The number of benzene rings is 2. The number of halogens is 2. The van der Waals surface area contributed by atoms with Crippen LogP contribution in [0.2, 0.25) is 0 Å². The van der Waals surface area contributed by atoms with Gasteiger partial charge < -0.3 is 9.80 Å². The molecule has 0 aliphatic carbocycles. The largest absolute Gasteiger partial charge is 0.371 e. The number of nitrogens with zero attached hydrogens (tertiary/aromatic N) is 2. The minimum atomic E-state index is -1.11. The maximum Gasteiger partial charge on any atom is 0.133 e. The van der Waals surface area contributed by atoms with Gasteiger partial charge in [-0.25, -0.2) is 8.78 Å². The Morgan fingerprint density at radius 3 is 2.21 bits per heavy atom. The lowest BCUT2D eigenvalue weighted by Crippen LogP contribution is -2.41. The zero-order chi connectivity index (χ0) is 24.1. The molecule has 0 spiro atoms. The van der Waals surface area contributed by atoms with E-state index in [1.807, 2.05) is 12.1 Å². The average Bonchev–Trinajstić information content (AvgIpc) is 2.83. The van der Waals surface area contributed by atoms with Crippen molar-refractivity contribution >= 4 is 5.70 Å². The first-order valence-electron chi connectivity index (χ1n) is 13.0. The molecule has 0 bridgehead atoms. The SMILES string of the molecule is C=C(c1ccc(-c2ccc(CCC3CCN(CC(C)(C)F)CC3)cc2)cc1F)N1CCCCC1. The smallest absolute Gasteiger partial charge is 0.133 e. The number of rotatable bonds is 8. The molecule has 2 aliphatic rings. The molecule has 2 aromatic rings. The van der Waals surface area contributed by atoms with E-state index in [0.29, 0.717) is 18.0 Å². The molecule has 0 atom stereocenters. The van der Waals surface area contributed by atoms with Gasteiger partial charge in [0.25, 0.3) is 0 Å². The standard InChI is InChI=1S/C30H40F2N2/c1-23(34-17-5-4-6-18-34)28-14-13-27(21-29(28)31)26-11-9-24(10-12-26)7-8-25-15-19-33(20-16-25)22-30(2,3)32/h9-14,21,25H,1,4-8,15-20,22H2,2-3H3. The van der Waals surface area contributed by atoms with Gasteiger partial charge in [-0.3, -0.25) is 0 Å². The molecule has 2 fully saturated rings. The Morgan fingerprint density at radius 1 is 0.941 bits per heavy atom. The highest BCUT2D eigenvalue weighted by atomic mass is 19.1. The van der Waals surface area contributed by atoms with Crippen LogP contribution in [0.4, 0.5) is 8.78 Å². The summed E-state index contributed by atoms with van der Waals surface area (Å²) in [6.07, 6.45) is 8.10. The quantitative estimate of drug-likeness (QED) is 0.401. The molecule has 184 valence electrons. The number of hydrogen-bond donors (Lipinski definition) is 0. The molecular formula is C30H40F2N2. The minimum Gasteiger partial charge on any atom is -0.371 e. The van der Waals surface area contributed by atoms with Gasteiger partial charge in [-0.15, -0.1) is 0 Å². The first kappa shape index (κ1) is 24.9. The number of likely N-dealkylation sites (tertiary alicyclic amines) is 2. The van der Waals surface area contributed by atoms with Crippen molar-refractivity contribution in [3.8, 4) is 11.1 Å². The number of alkyl halides is 1. The Balaban J connectivity index is 1.30. The van der Waals surface area contributed by atoms with Crippen molar-refractivity contribution in [2.75, 3.05) is 32.7 Å². The van der Waals surface area contributed by atoms with Gasteiger partial charge in [0, 0.05) is 30.9 Å². The Hall–Kier alpha value is -2.20. The normalized spacial score (nSPS) is 18.3. The Bertz CT molecular complexity index is 947. The van der Waals surface area contributed by atoms with Crippen LogP contribution < -0.4 is 0 Å². The van der Waals surface area contributed by atoms with Crippen molar-refractivity contribution in [2.45, 2.75) is 64.5 Å². The first-order valence-corrected chi connectivity index (χ1v) is 13.0. The molecule has 4 heteroatoms. The highest BCUT2D eigenvalue weighted by Crippen LogP contribution is 2.29. The maximum atomic E-state index is 15.0. The van der Waals surface area contributed by atoms with Crippen LogP contribution >= 0.6 is 0 Å². The molecule has 0 N–H and O–H groups in total. The highest BCUT2D eigenvalue weighted by Gasteiger charge is 2.25. The second-order valence-electron chi connectivity index (χ2n) is 10.9. The number of aryl methyl sites for hydroxylation is 1. The number of piperidine rings is 2. The van der Waals surface area contributed by atoms with Crippen LogP contribution in [0.1, 0.15) is 63.5 Å². The molecule has 4 rings (SSSR count).